The normalized spacial score (nSPS) is 16.2. The molecule has 0 atom stereocenters. The Balaban J connectivity index is 1.74. The summed E-state index contributed by atoms with van der Waals surface area (Å²) in [4.78, 5) is 0. The number of anilines is 1. The molecule has 1 aliphatic rings. The van der Waals surface area contributed by atoms with Gasteiger partial charge in [-0.15, -0.1) is 0 Å². The summed E-state index contributed by atoms with van der Waals surface area (Å²) in [5.41, 5.74) is 2.23. The minimum Gasteiger partial charge on any atom is -0.380 e. The maximum Gasteiger partial charge on any atom is 0.0733 e. The predicted octanol–water partition coefficient (Wildman–Crippen LogP) is 3.23. The Morgan fingerprint density at radius 2 is 1.88 bits per heavy atom. The monoisotopic (exact) mass is 227 g/mol. The van der Waals surface area contributed by atoms with E-state index < -0.39 is 0 Å². The Kier molecular flexibility index (Phi) is 2.82. The van der Waals surface area contributed by atoms with Crippen LogP contribution >= 0.6 is 0 Å². The van der Waals surface area contributed by atoms with E-state index in [1.807, 2.05) is 29.1 Å². The molecule has 0 saturated heterocycles. The number of nitrogens with zero attached hydrogens (tertiary/aromatic N) is 2. The van der Waals surface area contributed by atoms with Crippen LogP contribution in [0.2, 0.25) is 0 Å². The standard InChI is InChI=1S/C14H17N3/c1-2-8-14(9-3-1)17-11-13(10-15-17)16-12-6-4-5-7-12/h1-3,8-12,16H,4-7H2. The maximum absolute atomic E-state index is 4.38. The van der Waals surface area contributed by atoms with Crippen LogP contribution in [0, 0.1) is 0 Å². The highest BCUT2D eigenvalue weighted by Gasteiger charge is 2.14. The van der Waals surface area contributed by atoms with Crippen LogP contribution in [0.25, 0.3) is 5.69 Å². The number of rotatable bonds is 3. The van der Waals surface area contributed by atoms with E-state index in [9.17, 15) is 0 Å². The van der Waals surface area contributed by atoms with Gasteiger partial charge >= 0.3 is 0 Å². The van der Waals surface area contributed by atoms with Gasteiger partial charge in [-0.05, 0) is 25.0 Å². The number of nitrogens with one attached hydrogen (secondary N) is 1. The average Bonchev–Trinajstić information content (AvgIpc) is 3.02. The van der Waals surface area contributed by atoms with Crippen LogP contribution in [-0.4, -0.2) is 15.8 Å². The van der Waals surface area contributed by atoms with Crippen molar-refractivity contribution in [1.82, 2.24) is 9.78 Å². The van der Waals surface area contributed by atoms with Crippen molar-refractivity contribution in [1.29, 1.82) is 0 Å². The molecule has 0 amide bonds. The molecule has 88 valence electrons. The molecular formula is C14H17N3. The summed E-state index contributed by atoms with van der Waals surface area (Å²) >= 11 is 0. The second kappa shape index (κ2) is 4.62. The Morgan fingerprint density at radius 1 is 1.12 bits per heavy atom. The molecule has 1 fully saturated rings. The predicted molar refractivity (Wildman–Crippen MR) is 69.4 cm³/mol. The minimum atomic E-state index is 0.642. The Morgan fingerprint density at radius 3 is 2.65 bits per heavy atom. The molecule has 3 rings (SSSR count). The first-order chi connectivity index (χ1) is 8.42. The SMILES string of the molecule is c1ccc(-n2cc(NC3CCCC3)cn2)cc1. The molecular weight excluding hydrogens is 210 g/mol. The lowest BCUT2D eigenvalue weighted by Crippen LogP contribution is -2.13. The van der Waals surface area contributed by atoms with Gasteiger partial charge < -0.3 is 5.32 Å². The highest BCUT2D eigenvalue weighted by molar-refractivity contribution is 5.43. The average molecular weight is 227 g/mol. The number of hydrogen-bond acceptors (Lipinski definition) is 2. The second-order valence-corrected chi connectivity index (χ2v) is 4.63. The molecule has 1 aromatic carbocycles. The van der Waals surface area contributed by atoms with Crippen molar-refractivity contribution in [2.75, 3.05) is 5.32 Å². The Labute approximate surface area is 101 Å². The first-order valence-corrected chi connectivity index (χ1v) is 6.28. The number of benzene rings is 1. The van der Waals surface area contributed by atoms with Crippen LogP contribution in [0.3, 0.4) is 0 Å². The Hall–Kier alpha value is -1.77. The number of para-hydroxylation sites is 1. The van der Waals surface area contributed by atoms with Crippen molar-refractivity contribution in [2.24, 2.45) is 0 Å². The molecule has 3 heteroatoms. The highest BCUT2D eigenvalue weighted by Crippen LogP contribution is 2.22. The molecule has 1 heterocycles. The zero-order chi connectivity index (χ0) is 11.5. The van der Waals surface area contributed by atoms with Crippen molar-refractivity contribution in [2.45, 2.75) is 31.7 Å². The van der Waals surface area contributed by atoms with E-state index in [0.717, 1.165) is 11.4 Å². The summed E-state index contributed by atoms with van der Waals surface area (Å²) < 4.78 is 1.91. The van der Waals surface area contributed by atoms with Gasteiger partial charge in [0.1, 0.15) is 0 Å². The molecule has 1 aromatic heterocycles. The van der Waals surface area contributed by atoms with Gasteiger partial charge in [-0.3, -0.25) is 0 Å². The smallest absolute Gasteiger partial charge is 0.0733 e. The number of hydrogen-bond donors (Lipinski definition) is 1. The van der Waals surface area contributed by atoms with E-state index in [0.29, 0.717) is 6.04 Å². The lowest BCUT2D eigenvalue weighted by atomic mass is 10.2. The van der Waals surface area contributed by atoms with Crippen LogP contribution in [0.4, 0.5) is 5.69 Å². The van der Waals surface area contributed by atoms with E-state index in [2.05, 4.69) is 28.7 Å². The van der Waals surface area contributed by atoms with Gasteiger partial charge in [0.15, 0.2) is 0 Å². The molecule has 1 saturated carbocycles. The fourth-order valence-corrected chi connectivity index (χ4v) is 2.43. The van der Waals surface area contributed by atoms with Crippen molar-refractivity contribution < 1.29 is 0 Å². The second-order valence-electron chi connectivity index (χ2n) is 4.63. The fourth-order valence-electron chi connectivity index (χ4n) is 2.43. The third kappa shape index (κ3) is 2.33. The van der Waals surface area contributed by atoms with E-state index in [-0.39, 0.29) is 0 Å². The summed E-state index contributed by atoms with van der Waals surface area (Å²) in [7, 11) is 0. The molecule has 1 aliphatic carbocycles. The summed E-state index contributed by atoms with van der Waals surface area (Å²) in [5.74, 6) is 0. The molecule has 2 aromatic rings. The first-order valence-electron chi connectivity index (χ1n) is 6.28. The van der Waals surface area contributed by atoms with E-state index in [4.69, 9.17) is 0 Å². The number of aromatic nitrogens is 2. The zero-order valence-electron chi connectivity index (χ0n) is 9.84. The molecule has 0 unspecified atom stereocenters. The van der Waals surface area contributed by atoms with Crippen molar-refractivity contribution in [3.05, 3.63) is 42.7 Å². The summed E-state index contributed by atoms with van der Waals surface area (Å²) in [6.07, 6.45) is 9.25. The molecule has 0 aliphatic heterocycles. The van der Waals surface area contributed by atoms with Gasteiger partial charge in [-0.25, -0.2) is 4.68 Å². The van der Waals surface area contributed by atoms with Gasteiger partial charge in [0.2, 0.25) is 0 Å². The van der Waals surface area contributed by atoms with Crippen molar-refractivity contribution >= 4 is 5.69 Å². The minimum absolute atomic E-state index is 0.642. The van der Waals surface area contributed by atoms with Crippen LogP contribution in [0.1, 0.15) is 25.7 Å². The highest BCUT2D eigenvalue weighted by atomic mass is 15.3. The maximum atomic E-state index is 4.38. The summed E-state index contributed by atoms with van der Waals surface area (Å²) in [6, 6.07) is 10.8. The van der Waals surface area contributed by atoms with E-state index in [1.165, 1.54) is 25.7 Å². The fraction of sp³-hybridized carbons (Fsp3) is 0.357. The summed E-state index contributed by atoms with van der Waals surface area (Å²) in [5, 5.41) is 7.93. The van der Waals surface area contributed by atoms with Gasteiger partial charge in [0.05, 0.1) is 23.8 Å². The third-order valence-corrected chi connectivity index (χ3v) is 3.33. The quantitative estimate of drug-likeness (QED) is 0.872. The molecule has 1 N–H and O–H groups in total. The van der Waals surface area contributed by atoms with Gasteiger partial charge in [0.25, 0.3) is 0 Å². The molecule has 3 nitrogen and oxygen atoms in total. The molecule has 17 heavy (non-hydrogen) atoms. The molecule has 0 bridgehead atoms. The molecule has 0 spiro atoms. The van der Waals surface area contributed by atoms with Crippen molar-refractivity contribution in [3.63, 3.8) is 0 Å². The lowest BCUT2D eigenvalue weighted by Gasteiger charge is -2.10. The van der Waals surface area contributed by atoms with Gasteiger partial charge in [-0.1, -0.05) is 31.0 Å². The van der Waals surface area contributed by atoms with Gasteiger partial charge in [-0.2, -0.15) is 5.10 Å². The topological polar surface area (TPSA) is 29.9 Å². The molecule has 0 radical (unpaired) electrons. The van der Waals surface area contributed by atoms with Crippen LogP contribution in [0.5, 0.6) is 0 Å². The zero-order valence-corrected chi connectivity index (χ0v) is 9.84. The first kappa shape index (κ1) is 10.4. The van der Waals surface area contributed by atoms with Crippen molar-refractivity contribution in [3.8, 4) is 5.69 Å². The Bertz CT molecular complexity index is 469. The largest absolute Gasteiger partial charge is 0.380 e. The third-order valence-electron chi connectivity index (χ3n) is 3.33. The van der Waals surface area contributed by atoms with Crippen LogP contribution in [-0.2, 0) is 0 Å². The van der Waals surface area contributed by atoms with Crippen LogP contribution in [0.15, 0.2) is 42.7 Å². The van der Waals surface area contributed by atoms with E-state index in [1.54, 1.807) is 0 Å². The van der Waals surface area contributed by atoms with E-state index >= 15 is 0 Å². The van der Waals surface area contributed by atoms with Crippen LogP contribution < -0.4 is 5.32 Å². The lowest BCUT2D eigenvalue weighted by molar-refractivity contribution is 0.755. The van der Waals surface area contributed by atoms with Gasteiger partial charge in [0, 0.05) is 6.04 Å². The summed E-state index contributed by atoms with van der Waals surface area (Å²) in [6.45, 7) is 0.